The van der Waals surface area contributed by atoms with Crippen LogP contribution in [0.2, 0.25) is 0 Å². The molecule has 0 saturated carbocycles. The number of nitrogens with one attached hydrogen (secondary N) is 1. The molecule has 2 aromatic rings. The highest BCUT2D eigenvalue weighted by Gasteiger charge is 2.17. The maximum atomic E-state index is 12.9. The summed E-state index contributed by atoms with van der Waals surface area (Å²) in [7, 11) is 1.70. The molecule has 2 rings (SSSR count). The van der Waals surface area contributed by atoms with Crippen LogP contribution in [-0.4, -0.2) is 39.7 Å². The fourth-order valence-corrected chi connectivity index (χ4v) is 2.09. The second-order valence-corrected chi connectivity index (χ2v) is 6.63. The Labute approximate surface area is 139 Å². The Morgan fingerprint density at radius 1 is 1.33 bits per heavy atom. The fraction of sp³-hybridized carbons (Fsp3) is 0.438. The zero-order valence-electron chi connectivity index (χ0n) is 14.2. The summed E-state index contributed by atoms with van der Waals surface area (Å²) in [5, 5.41) is 6.91. The second kappa shape index (κ2) is 6.96. The molecule has 0 spiro atoms. The summed E-state index contributed by atoms with van der Waals surface area (Å²) in [6, 6.07) is 5.48. The van der Waals surface area contributed by atoms with E-state index in [2.05, 4.69) is 10.4 Å². The van der Waals surface area contributed by atoms with Crippen molar-refractivity contribution >= 4 is 5.91 Å². The van der Waals surface area contributed by atoms with Crippen molar-refractivity contribution in [3.8, 4) is 11.5 Å². The lowest BCUT2D eigenvalue weighted by Gasteiger charge is -2.22. The Bertz CT molecular complexity index is 759. The molecule has 0 unspecified atom stereocenters. The number of carbonyl (C=O) groups is 1. The van der Waals surface area contributed by atoms with Gasteiger partial charge >= 0.3 is 5.76 Å². The van der Waals surface area contributed by atoms with Crippen LogP contribution in [-0.2, 0) is 11.5 Å². The van der Waals surface area contributed by atoms with Gasteiger partial charge in [-0.15, -0.1) is 5.10 Å². The largest absolute Gasteiger partial charge is 0.438 e. The molecule has 1 heterocycles. The van der Waals surface area contributed by atoms with Crippen molar-refractivity contribution in [3.05, 3.63) is 40.6 Å². The first-order valence-electron chi connectivity index (χ1n) is 7.47. The SMILES string of the molecule is CN(CC(=O)NC(C)(C)C)Cn1nc(-c2ccc(F)cc2)oc1=O. The van der Waals surface area contributed by atoms with Gasteiger partial charge in [-0.25, -0.2) is 9.18 Å². The number of hydrogen-bond donors (Lipinski definition) is 1. The van der Waals surface area contributed by atoms with Gasteiger partial charge in [0.2, 0.25) is 11.8 Å². The van der Waals surface area contributed by atoms with E-state index < -0.39 is 5.76 Å². The Balaban J connectivity index is 2.04. The minimum absolute atomic E-state index is 0.0983. The minimum atomic E-state index is -0.641. The monoisotopic (exact) mass is 336 g/mol. The van der Waals surface area contributed by atoms with Crippen LogP contribution < -0.4 is 11.1 Å². The van der Waals surface area contributed by atoms with E-state index in [-0.39, 0.29) is 36.4 Å². The van der Waals surface area contributed by atoms with Crippen molar-refractivity contribution in [1.29, 1.82) is 0 Å². The first-order valence-corrected chi connectivity index (χ1v) is 7.47. The van der Waals surface area contributed by atoms with E-state index in [1.165, 1.54) is 24.3 Å². The van der Waals surface area contributed by atoms with E-state index >= 15 is 0 Å². The molecule has 0 fully saturated rings. The van der Waals surface area contributed by atoms with Crippen molar-refractivity contribution in [2.75, 3.05) is 13.6 Å². The van der Waals surface area contributed by atoms with E-state index in [1.807, 2.05) is 20.8 Å². The number of carbonyl (C=O) groups excluding carboxylic acids is 1. The van der Waals surface area contributed by atoms with Crippen LogP contribution in [0.15, 0.2) is 33.5 Å². The highest BCUT2D eigenvalue weighted by Crippen LogP contribution is 2.15. The van der Waals surface area contributed by atoms with Crippen LogP contribution in [0.5, 0.6) is 0 Å². The lowest BCUT2D eigenvalue weighted by molar-refractivity contribution is -0.123. The predicted octanol–water partition coefficient (Wildman–Crippen LogP) is 1.45. The number of benzene rings is 1. The van der Waals surface area contributed by atoms with Gasteiger partial charge in [-0.3, -0.25) is 9.69 Å². The van der Waals surface area contributed by atoms with Gasteiger partial charge in [0.25, 0.3) is 0 Å². The van der Waals surface area contributed by atoms with E-state index in [0.29, 0.717) is 5.56 Å². The van der Waals surface area contributed by atoms with E-state index in [4.69, 9.17) is 4.42 Å². The number of aromatic nitrogens is 2. The topological polar surface area (TPSA) is 80.4 Å². The number of likely N-dealkylation sites (N-methyl/N-ethyl adjacent to an activating group) is 1. The zero-order chi connectivity index (χ0) is 17.9. The number of halogens is 1. The molecule has 130 valence electrons. The normalized spacial score (nSPS) is 11.8. The molecule has 0 aliphatic rings. The molecule has 1 aromatic heterocycles. The molecular formula is C16H21FN4O3. The van der Waals surface area contributed by atoms with Gasteiger partial charge in [0, 0.05) is 11.1 Å². The number of nitrogens with zero attached hydrogens (tertiary/aromatic N) is 3. The van der Waals surface area contributed by atoms with Gasteiger partial charge in [0.1, 0.15) is 12.5 Å². The van der Waals surface area contributed by atoms with Crippen LogP contribution in [0, 0.1) is 5.82 Å². The van der Waals surface area contributed by atoms with Crippen LogP contribution in [0.25, 0.3) is 11.5 Å². The van der Waals surface area contributed by atoms with Crippen LogP contribution in [0.3, 0.4) is 0 Å². The van der Waals surface area contributed by atoms with Crippen LogP contribution >= 0.6 is 0 Å². The van der Waals surface area contributed by atoms with Crippen molar-refractivity contribution < 1.29 is 13.6 Å². The summed E-state index contributed by atoms with van der Waals surface area (Å²) in [5.74, 6) is -1.07. The van der Waals surface area contributed by atoms with Gasteiger partial charge in [-0.2, -0.15) is 4.68 Å². The van der Waals surface area contributed by atoms with Crippen molar-refractivity contribution in [2.45, 2.75) is 33.0 Å². The Kier molecular flexibility index (Phi) is 5.18. The summed E-state index contributed by atoms with van der Waals surface area (Å²) in [6.07, 6.45) is 0. The van der Waals surface area contributed by atoms with E-state index in [0.717, 1.165) is 4.68 Å². The molecule has 0 saturated heterocycles. The third-order valence-corrected chi connectivity index (χ3v) is 3.00. The van der Waals surface area contributed by atoms with Crippen LogP contribution in [0.1, 0.15) is 20.8 Å². The standard InChI is InChI=1S/C16H21FN4O3/c1-16(2,3)18-13(22)9-20(4)10-21-15(23)24-14(19-21)11-5-7-12(17)8-6-11/h5-8H,9-10H2,1-4H3,(H,18,22). The maximum absolute atomic E-state index is 12.9. The average Bonchev–Trinajstić information content (AvgIpc) is 2.78. The average molecular weight is 336 g/mol. The zero-order valence-corrected chi connectivity index (χ0v) is 14.2. The van der Waals surface area contributed by atoms with Gasteiger partial charge in [-0.1, -0.05) is 0 Å². The maximum Gasteiger partial charge on any atom is 0.438 e. The second-order valence-electron chi connectivity index (χ2n) is 6.63. The van der Waals surface area contributed by atoms with E-state index in [9.17, 15) is 14.0 Å². The molecule has 0 atom stereocenters. The predicted molar refractivity (Wildman–Crippen MR) is 86.7 cm³/mol. The summed E-state index contributed by atoms with van der Waals surface area (Å²) >= 11 is 0. The van der Waals surface area contributed by atoms with E-state index in [1.54, 1.807) is 11.9 Å². The molecule has 0 aliphatic heterocycles. The molecular weight excluding hydrogens is 315 g/mol. The summed E-state index contributed by atoms with van der Waals surface area (Å²) < 4.78 is 19.1. The summed E-state index contributed by atoms with van der Waals surface area (Å²) in [4.78, 5) is 25.4. The van der Waals surface area contributed by atoms with Gasteiger partial charge in [0.05, 0.1) is 6.54 Å². The smallest absolute Gasteiger partial charge is 0.388 e. The lowest BCUT2D eigenvalue weighted by atomic mass is 10.1. The number of hydrogen-bond acceptors (Lipinski definition) is 5. The molecule has 1 N–H and O–H groups in total. The van der Waals surface area contributed by atoms with Gasteiger partial charge < -0.3 is 9.73 Å². The number of amides is 1. The van der Waals surface area contributed by atoms with Gasteiger partial charge in [-0.05, 0) is 52.1 Å². The van der Waals surface area contributed by atoms with Crippen molar-refractivity contribution in [2.24, 2.45) is 0 Å². The number of rotatable bonds is 5. The molecule has 8 heteroatoms. The van der Waals surface area contributed by atoms with Gasteiger partial charge in [0.15, 0.2) is 0 Å². The summed E-state index contributed by atoms with van der Waals surface area (Å²) in [6.45, 7) is 5.88. The highest BCUT2D eigenvalue weighted by molar-refractivity contribution is 5.78. The third kappa shape index (κ3) is 5.02. The molecule has 1 aromatic carbocycles. The molecule has 0 radical (unpaired) electrons. The highest BCUT2D eigenvalue weighted by atomic mass is 19.1. The van der Waals surface area contributed by atoms with Crippen molar-refractivity contribution in [1.82, 2.24) is 20.0 Å². The Morgan fingerprint density at radius 2 is 1.96 bits per heavy atom. The quantitative estimate of drug-likeness (QED) is 0.894. The molecule has 0 bridgehead atoms. The minimum Gasteiger partial charge on any atom is -0.388 e. The molecule has 7 nitrogen and oxygen atoms in total. The third-order valence-electron chi connectivity index (χ3n) is 3.00. The summed E-state index contributed by atoms with van der Waals surface area (Å²) in [5.41, 5.74) is 0.179. The molecule has 24 heavy (non-hydrogen) atoms. The first kappa shape index (κ1) is 17.9. The molecule has 1 amide bonds. The van der Waals surface area contributed by atoms with Crippen molar-refractivity contribution in [3.63, 3.8) is 0 Å². The Hall–Kier alpha value is -2.48. The lowest BCUT2D eigenvalue weighted by Crippen LogP contribution is -2.45. The molecule has 0 aliphatic carbocycles. The van der Waals surface area contributed by atoms with Crippen LogP contribution in [0.4, 0.5) is 4.39 Å². The Morgan fingerprint density at radius 3 is 2.54 bits per heavy atom. The first-order chi connectivity index (χ1) is 11.1. The fourth-order valence-electron chi connectivity index (χ4n) is 2.09.